The summed E-state index contributed by atoms with van der Waals surface area (Å²) in [6.45, 7) is 6.11. The Bertz CT molecular complexity index is 1050. The van der Waals surface area contributed by atoms with Gasteiger partial charge in [-0.3, -0.25) is 9.10 Å². The molecule has 1 heterocycles. The van der Waals surface area contributed by atoms with Crippen molar-refractivity contribution in [2.75, 3.05) is 48.2 Å². The number of carbonyl (C=O) groups is 1. The van der Waals surface area contributed by atoms with E-state index in [2.05, 4.69) is 30.9 Å². The zero-order chi connectivity index (χ0) is 22.1. The molecule has 0 saturated carbocycles. The second kappa shape index (κ2) is 8.81. The van der Waals surface area contributed by atoms with E-state index in [9.17, 15) is 17.6 Å². The summed E-state index contributed by atoms with van der Waals surface area (Å²) in [4.78, 5) is 16.7. The third kappa shape index (κ3) is 4.87. The predicted octanol–water partition coefficient (Wildman–Crippen LogP) is 3.21. The van der Waals surface area contributed by atoms with Crippen molar-refractivity contribution < 1.29 is 17.6 Å². The first kappa shape index (κ1) is 22.4. The summed E-state index contributed by atoms with van der Waals surface area (Å²) in [6, 6.07) is 9.76. The average molecular weight is 454 g/mol. The molecule has 9 heteroatoms. The fraction of sp³-hybridized carbons (Fsp3) is 0.381. The zero-order valence-electron chi connectivity index (χ0n) is 17.2. The van der Waals surface area contributed by atoms with Crippen LogP contribution in [0.5, 0.6) is 0 Å². The second-order valence-corrected chi connectivity index (χ2v) is 9.77. The van der Waals surface area contributed by atoms with Crippen LogP contribution in [-0.2, 0) is 14.8 Å². The smallest absolute Gasteiger partial charge is 0.243 e. The van der Waals surface area contributed by atoms with Crippen LogP contribution >= 0.6 is 11.6 Å². The summed E-state index contributed by atoms with van der Waals surface area (Å²) in [5.74, 6) is -0.954. The number of anilines is 2. The van der Waals surface area contributed by atoms with Gasteiger partial charge in [-0.2, -0.15) is 0 Å². The number of sulfonamides is 1. The molecule has 2 aromatic carbocycles. The van der Waals surface area contributed by atoms with Crippen molar-refractivity contribution >= 4 is 38.9 Å². The molecule has 0 atom stereocenters. The molecule has 0 bridgehead atoms. The standard InChI is InChI=1S/C21H25ClFN3O3S/c1-15-5-4-6-20(16(15)2)24-9-11-25(12-10-24)21(27)14-26(30(3,28)29)17-7-8-19(23)18(22)13-17/h4-8,13H,9-12,14H2,1-3H3. The second-order valence-electron chi connectivity index (χ2n) is 7.45. The van der Waals surface area contributed by atoms with Crippen LogP contribution in [0.4, 0.5) is 15.8 Å². The molecule has 1 aliphatic heterocycles. The molecule has 0 unspecified atom stereocenters. The Balaban J connectivity index is 1.70. The van der Waals surface area contributed by atoms with Crippen LogP contribution in [0, 0.1) is 19.7 Å². The van der Waals surface area contributed by atoms with Crippen LogP contribution in [0.3, 0.4) is 0 Å². The minimum absolute atomic E-state index is 0.159. The van der Waals surface area contributed by atoms with E-state index in [1.165, 1.54) is 23.3 Å². The topological polar surface area (TPSA) is 60.9 Å². The van der Waals surface area contributed by atoms with Crippen LogP contribution in [0.15, 0.2) is 36.4 Å². The first-order valence-corrected chi connectivity index (χ1v) is 11.8. The lowest BCUT2D eigenvalue weighted by molar-refractivity contribution is -0.129. The van der Waals surface area contributed by atoms with Gasteiger partial charge in [0.25, 0.3) is 0 Å². The Morgan fingerprint density at radius 3 is 2.40 bits per heavy atom. The average Bonchev–Trinajstić information content (AvgIpc) is 2.69. The number of aryl methyl sites for hydroxylation is 1. The zero-order valence-corrected chi connectivity index (χ0v) is 18.8. The monoisotopic (exact) mass is 453 g/mol. The van der Waals surface area contributed by atoms with Crippen LogP contribution in [0.25, 0.3) is 0 Å². The Labute approximate surface area is 181 Å². The van der Waals surface area contributed by atoms with Crippen LogP contribution in [0.1, 0.15) is 11.1 Å². The van der Waals surface area contributed by atoms with E-state index in [1.54, 1.807) is 4.90 Å². The number of piperazine rings is 1. The molecule has 30 heavy (non-hydrogen) atoms. The molecular weight excluding hydrogens is 429 g/mol. The summed E-state index contributed by atoms with van der Waals surface area (Å²) < 4.78 is 38.9. The molecule has 3 rings (SSSR count). The fourth-order valence-electron chi connectivity index (χ4n) is 3.54. The van der Waals surface area contributed by atoms with Gasteiger partial charge >= 0.3 is 0 Å². The van der Waals surface area contributed by atoms with Gasteiger partial charge in [0.05, 0.1) is 17.0 Å². The molecule has 1 saturated heterocycles. The highest BCUT2D eigenvalue weighted by molar-refractivity contribution is 7.92. The molecule has 1 fully saturated rings. The van der Waals surface area contributed by atoms with Gasteiger partial charge in [-0.1, -0.05) is 23.7 Å². The number of carbonyl (C=O) groups excluding carboxylic acids is 1. The number of hydrogen-bond acceptors (Lipinski definition) is 4. The van der Waals surface area contributed by atoms with E-state index < -0.39 is 15.8 Å². The van der Waals surface area contributed by atoms with Gasteiger partial charge < -0.3 is 9.80 Å². The third-order valence-electron chi connectivity index (χ3n) is 5.42. The van der Waals surface area contributed by atoms with Crippen LogP contribution in [-0.4, -0.2) is 58.2 Å². The van der Waals surface area contributed by atoms with Gasteiger partial charge in [-0.05, 0) is 49.2 Å². The Hall–Kier alpha value is -2.32. The molecule has 1 aliphatic rings. The van der Waals surface area contributed by atoms with Crippen molar-refractivity contribution in [3.8, 4) is 0 Å². The van der Waals surface area contributed by atoms with Gasteiger partial charge in [0.1, 0.15) is 12.4 Å². The van der Waals surface area contributed by atoms with Crippen LogP contribution < -0.4 is 9.21 Å². The molecule has 1 amide bonds. The maximum Gasteiger partial charge on any atom is 0.243 e. The van der Waals surface area contributed by atoms with Gasteiger partial charge in [0, 0.05) is 31.9 Å². The summed E-state index contributed by atoms with van der Waals surface area (Å²) >= 11 is 5.79. The first-order valence-electron chi connectivity index (χ1n) is 9.59. The summed E-state index contributed by atoms with van der Waals surface area (Å²) in [5, 5.41) is -0.198. The lowest BCUT2D eigenvalue weighted by Gasteiger charge is -2.37. The Morgan fingerprint density at radius 2 is 1.80 bits per heavy atom. The Kier molecular flexibility index (Phi) is 6.57. The van der Waals surface area contributed by atoms with Crippen molar-refractivity contribution in [1.82, 2.24) is 4.90 Å². The first-order chi connectivity index (χ1) is 14.1. The van der Waals surface area contributed by atoms with E-state index in [1.807, 2.05) is 6.07 Å². The van der Waals surface area contributed by atoms with Crippen LogP contribution in [0.2, 0.25) is 5.02 Å². The van der Waals surface area contributed by atoms with Crippen molar-refractivity contribution in [1.29, 1.82) is 0 Å². The number of hydrogen-bond donors (Lipinski definition) is 0. The fourth-order valence-corrected chi connectivity index (χ4v) is 4.55. The number of nitrogens with zero attached hydrogens (tertiary/aromatic N) is 3. The highest BCUT2D eigenvalue weighted by Crippen LogP contribution is 2.26. The SMILES string of the molecule is Cc1cccc(N2CCN(C(=O)CN(c3ccc(F)c(Cl)c3)S(C)(=O)=O)CC2)c1C. The molecular formula is C21H25ClFN3O3S. The minimum atomic E-state index is -3.75. The highest BCUT2D eigenvalue weighted by atomic mass is 35.5. The largest absolute Gasteiger partial charge is 0.368 e. The molecule has 0 aliphatic carbocycles. The predicted molar refractivity (Wildman–Crippen MR) is 118 cm³/mol. The van der Waals surface area contributed by atoms with Crippen molar-refractivity contribution in [3.05, 3.63) is 58.4 Å². The van der Waals surface area contributed by atoms with Crippen molar-refractivity contribution in [2.45, 2.75) is 13.8 Å². The minimum Gasteiger partial charge on any atom is -0.368 e. The highest BCUT2D eigenvalue weighted by Gasteiger charge is 2.27. The normalized spacial score (nSPS) is 14.7. The third-order valence-corrected chi connectivity index (χ3v) is 6.85. The lowest BCUT2D eigenvalue weighted by Crippen LogP contribution is -2.52. The maximum atomic E-state index is 13.5. The van der Waals surface area contributed by atoms with E-state index in [-0.39, 0.29) is 23.2 Å². The molecule has 162 valence electrons. The van der Waals surface area contributed by atoms with Gasteiger partial charge in [-0.25, -0.2) is 12.8 Å². The maximum absolute atomic E-state index is 13.5. The molecule has 0 N–H and O–H groups in total. The summed E-state index contributed by atoms with van der Waals surface area (Å²) in [7, 11) is -3.75. The summed E-state index contributed by atoms with van der Waals surface area (Å²) in [6.07, 6.45) is 1.01. The lowest BCUT2D eigenvalue weighted by atomic mass is 10.1. The van der Waals surface area contributed by atoms with Gasteiger partial charge in [0.15, 0.2) is 0 Å². The van der Waals surface area contributed by atoms with Crippen molar-refractivity contribution in [2.24, 2.45) is 0 Å². The van der Waals surface area contributed by atoms with E-state index in [4.69, 9.17) is 11.6 Å². The number of benzene rings is 2. The van der Waals surface area contributed by atoms with Crippen molar-refractivity contribution in [3.63, 3.8) is 0 Å². The number of rotatable bonds is 5. The number of amides is 1. The van der Waals surface area contributed by atoms with Gasteiger partial charge in [-0.15, -0.1) is 0 Å². The van der Waals surface area contributed by atoms with E-state index in [0.717, 1.165) is 22.3 Å². The van der Waals surface area contributed by atoms with Gasteiger partial charge in [0.2, 0.25) is 15.9 Å². The molecule has 0 aromatic heterocycles. The Morgan fingerprint density at radius 1 is 1.13 bits per heavy atom. The summed E-state index contributed by atoms with van der Waals surface area (Å²) in [5.41, 5.74) is 3.74. The van der Waals surface area contributed by atoms with E-state index in [0.29, 0.717) is 26.2 Å². The number of halogens is 2. The quantitative estimate of drug-likeness (QED) is 0.697. The molecule has 0 spiro atoms. The molecule has 0 radical (unpaired) electrons. The van der Waals surface area contributed by atoms with E-state index >= 15 is 0 Å². The molecule has 2 aromatic rings. The molecule has 6 nitrogen and oxygen atoms in total.